The first kappa shape index (κ1) is 15.8. The van der Waals surface area contributed by atoms with E-state index in [1.807, 2.05) is 12.1 Å². The van der Waals surface area contributed by atoms with E-state index in [-0.39, 0.29) is 12.1 Å². The summed E-state index contributed by atoms with van der Waals surface area (Å²) in [5.41, 5.74) is 1.70. The number of hydrogen-bond donors (Lipinski definition) is 2. The van der Waals surface area contributed by atoms with E-state index in [0.29, 0.717) is 27.9 Å². The van der Waals surface area contributed by atoms with E-state index in [9.17, 15) is 14.4 Å². The van der Waals surface area contributed by atoms with E-state index in [2.05, 4.69) is 15.4 Å². The molecule has 0 aliphatic rings. The Morgan fingerprint density at radius 1 is 1.19 bits per heavy atom. The summed E-state index contributed by atoms with van der Waals surface area (Å²) in [6, 6.07) is 11.9. The number of H-pyrrole nitrogens is 1. The molecule has 4 aromatic rings. The molecule has 0 unspecified atom stereocenters. The number of oxazole rings is 1. The van der Waals surface area contributed by atoms with Crippen LogP contribution >= 0.6 is 0 Å². The van der Waals surface area contributed by atoms with Crippen molar-refractivity contribution in [3.05, 3.63) is 69.1 Å². The number of carbonyl (C=O) groups excluding carboxylic acids is 1. The van der Waals surface area contributed by atoms with Gasteiger partial charge in [-0.25, -0.2) is 9.48 Å². The second kappa shape index (κ2) is 5.99. The van der Waals surface area contributed by atoms with Crippen molar-refractivity contribution in [3.63, 3.8) is 0 Å². The van der Waals surface area contributed by atoms with Gasteiger partial charge < -0.3 is 9.73 Å². The molecule has 2 aromatic carbocycles. The van der Waals surface area contributed by atoms with E-state index in [0.717, 1.165) is 10.1 Å². The van der Waals surface area contributed by atoms with Crippen molar-refractivity contribution < 1.29 is 9.21 Å². The Morgan fingerprint density at radius 3 is 2.77 bits per heavy atom. The van der Waals surface area contributed by atoms with E-state index in [1.54, 1.807) is 37.3 Å². The minimum Gasteiger partial charge on any atom is -0.408 e. The summed E-state index contributed by atoms with van der Waals surface area (Å²) >= 11 is 0. The number of anilines is 1. The number of benzene rings is 2. The first-order chi connectivity index (χ1) is 12.5. The third kappa shape index (κ3) is 2.77. The lowest BCUT2D eigenvalue weighted by molar-refractivity contribution is -0.117. The molecule has 2 N–H and O–H groups in total. The number of amides is 1. The molecule has 0 aliphatic carbocycles. The summed E-state index contributed by atoms with van der Waals surface area (Å²) in [5.74, 6) is -0.967. The maximum atomic E-state index is 12.5. The van der Waals surface area contributed by atoms with Gasteiger partial charge in [-0.2, -0.15) is 5.10 Å². The fourth-order valence-electron chi connectivity index (χ4n) is 2.88. The molecule has 4 rings (SSSR count). The molecule has 0 radical (unpaired) electrons. The van der Waals surface area contributed by atoms with Gasteiger partial charge in [0.05, 0.1) is 16.6 Å². The molecule has 8 heteroatoms. The average Bonchev–Trinajstić information content (AvgIpc) is 2.99. The number of aromatic nitrogens is 3. The molecule has 26 heavy (non-hydrogen) atoms. The fraction of sp³-hybridized carbons (Fsp3) is 0.111. The molecule has 0 saturated heterocycles. The highest BCUT2D eigenvalue weighted by Gasteiger charge is 2.11. The van der Waals surface area contributed by atoms with Gasteiger partial charge in [0.2, 0.25) is 5.91 Å². The van der Waals surface area contributed by atoms with Crippen molar-refractivity contribution in [2.24, 2.45) is 0 Å². The zero-order chi connectivity index (χ0) is 18.3. The van der Waals surface area contributed by atoms with E-state index in [1.165, 1.54) is 0 Å². The predicted octanol–water partition coefficient (Wildman–Crippen LogP) is 1.78. The first-order valence-corrected chi connectivity index (χ1v) is 7.90. The Morgan fingerprint density at radius 2 is 1.96 bits per heavy atom. The lowest BCUT2D eigenvalue weighted by Gasteiger charge is -2.09. The highest BCUT2D eigenvalue weighted by Crippen LogP contribution is 2.16. The van der Waals surface area contributed by atoms with Crippen LogP contribution in [0.2, 0.25) is 0 Å². The minimum atomic E-state index is -0.564. The zero-order valence-electron chi connectivity index (χ0n) is 13.8. The van der Waals surface area contributed by atoms with Gasteiger partial charge >= 0.3 is 5.76 Å². The van der Waals surface area contributed by atoms with Gasteiger partial charge in [0.1, 0.15) is 6.54 Å². The summed E-state index contributed by atoms with van der Waals surface area (Å²) in [5, 5.41) is 8.19. The summed E-state index contributed by atoms with van der Waals surface area (Å²) in [7, 11) is 0. The second-order valence-electron chi connectivity index (χ2n) is 5.87. The highest BCUT2D eigenvalue weighted by molar-refractivity contribution is 5.92. The number of carbonyl (C=O) groups is 1. The van der Waals surface area contributed by atoms with Crippen molar-refractivity contribution in [2.75, 3.05) is 5.32 Å². The predicted molar refractivity (Wildman–Crippen MR) is 96.2 cm³/mol. The Kier molecular flexibility index (Phi) is 3.65. The zero-order valence-corrected chi connectivity index (χ0v) is 13.8. The number of aromatic amines is 1. The van der Waals surface area contributed by atoms with Crippen LogP contribution in [0.25, 0.3) is 21.9 Å². The van der Waals surface area contributed by atoms with Crippen molar-refractivity contribution in [2.45, 2.75) is 13.5 Å². The standard InChI is InChI=1S/C18H14N4O4/c1-10-12-4-2-3-5-13(12)17(24)22(21-10)9-16(23)19-11-6-7-15-14(8-11)20-18(25)26-15/h2-8H,9H2,1H3,(H,19,23)(H,20,25). The van der Waals surface area contributed by atoms with Crippen molar-refractivity contribution in [1.82, 2.24) is 14.8 Å². The number of rotatable bonds is 3. The van der Waals surface area contributed by atoms with Crippen LogP contribution in [0, 0.1) is 6.92 Å². The SMILES string of the molecule is Cc1nn(CC(=O)Nc2ccc3oc(=O)[nH]c3c2)c(=O)c2ccccc12. The summed E-state index contributed by atoms with van der Waals surface area (Å²) in [6.45, 7) is 1.57. The van der Waals surface area contributed by atoms with Gasteiger partial charge in [-0.3, -0.25) is 14.6 Å². The number of nitrogens with one attached hydrogen (secondary N) is 2. The topological polar surface area (TPSA) is 110 Å². The molecule has 0 aliphatic heterocycles. The van der Waals surface area contributed by atoms with Gasteiger partial charge in [-0.05, 0) is 31.2 Å². The normalized spacial score (nSPS) is 11.1. The maximum absolute atomic E-state index is 12.5. The Labute approximate surface area is 146 Å². The van der Waals surface area contributed by atoms with Crippen molar-refractivity contribution >= 4 is 33.5 Å². The van der Waals surface area contributed by atoms with Crippen LogP contribution in [0.4, 0.5) is 5.69 Å². The molecule has 8 nitrogen and oxygen atoms in total. The first-order valence-electron chi connectivity index (χ1n) is 7.90. The third-order valence-corrected chi connectivity index (χ3v) is 4.05. The minimum absolute atomic E-state index is 0.218. The number of fused-ring (bicyclic) bond motifs is 2. The summed E-state index contributed by atoms with van der Waals surface area (Å²) < 4.78 is 6.06. The van der Waals surface area contributed by atoms with Crippen LogP contribution in [-0.2, 0) is 11.3 Å². The molecule has 0 fully saturated rings. The van der Waals surface area contributed by atoms with Crippen LogP contribution in [-0.4, -0.2) is 20.7 Å². The molecule has 0 atom stereocenters. The van der Waals surface area contributed by atoms with Gasteiger partial charge in [-0.15, -0.1) is 0 Å². The number of hydrogen-bond acceptors (Lipinski definition) is 5. The van der Waals surface area contributed by atoms with Crippen LogP contribution in [0.1, 0.15) is 5.69 Å². The average molecular weight is 350 g/mol. The quantitative estimate of drug-likeness (QED) is 0.585. The number of nitrogens with zero attached hydrogens (tertiary/aromatic N) is 2. The van der Waals surface area contributed by atoms with E-state index < -0.39 is 11.7 Å². The van der Waals surface area contributed by atoms with E-state index >= 15 is 0 Å². The molecule has 2 heterocycles. The van der Waals surface area contributed by atoms with E-state index in [4.69, 9.17) is 4.42 Å². The lowest BCUT2D eigenvalue weighted by atomic mass is 10.1. The van der Waals surface area contributed by atoms with Crippen LogP contribution in [0.3, 0.4) is 0 Å². The molecule has 1 amide bonds. The van der Waals surface area contributed by atoms with Gasteiger partial charge in [0.25, 0.3) is 5.56 Å². The summed E-state index contributed by atoms with van der Waals surface area (Å²) in [4.78, 5) is 38.5. The largest absolute Gasteiger partial charge is 0.417 e. The van der Waals surface area contributed by atoms with Crippen LogP contribution in [0.15, 0.2) is 56.5 Å². The second-order valence-corrected chi connectivity index (χ2v) is 5.87. The van der Waals surface area contributed by atoms with Crippen LogP contribution in [0.5, 0.6) is 0 Å². The number of aryl methyl sites for hydroxylation is 1. The summed E-state index contributed by atoms with van der Waals surface area (Å²) in [6.07, 6.45) is 0. The Hall–Kier alpha value is -3.68. The Bertz CT molecular complexity index is 1270. The van der Waals surface area contributed by atoms with Gasteiger partial charge in [-0.1, -0.05) is 18.2 Å². The molecular formula is C18H14N4O4. The molecule has 0 saturated carbocycles. The van der Waals surface area contributed by atoms with Gasteiger partial charge in [0, 0.05) is 11.1 Å². The van der Waals surface area contributed by atoms with Gasteiger partial charge in [0.15, 0.2) is 5.58 Å². The molecule has 2 aromatic heterocycles. The third-order valence-electron chi connectivity index (χ3n) is 4.05. The Balaban J connectivity index is 1.61. The maximum Gasteiger partial charge on any atom is 0.417 e. The molecule has 130 valence electrons. The van der Waals surface area contributed by atoms with Crippen molar-refractivity contribution in [3.8, 4) is 0 Å². The van der Waals surface area contributed by atoms with Crippen molar-refractivity contribution in [1.29, 1.82) is 0 Å². The van der Waals surface area contributed by atoms with Crippen LogP contribution < -0.4 is 16.6 Å². The fourth-order valence-corrected chi connectivity index (χ4v) is 2.88. The monoisotopic (exact) mass is 350 g/mol. The molecule has 0 spiro atoms. The smallest absolute Gasteiger partial charge is 0.408 e. The molecule has 0 bridgehead atoms. The lowest BCUT2D eigenvalue weighted by Crippen LogP contribution is -2.30. The highest BCUT2D eigenvalue weighted by atomic mass is 16.4. The molecular weight excluding hydrogens is 336 g/mol.